The number of aliphatic hydroxyl groups is 10. The van der Waals surface area contributed by atoms with Crippen molar-refractivity contribution in [2.45, 2.75) is 182 Å². The van der Waals surface area contributed by atoms with Gasteiger partial charge < -0.3 is 86.8 Å². The summed E-state index contributed by atoms with van der Waals surface area (Å²) >= 11 is 0. The number of esters is 1. The molecule has 0 aliphatic carbocycles. The Bertz CT molecular complexity index is 1710. The first kappa shape index (κ1) is 59.8. The fourth-order valence-electron chi connectivity index (χ4n) is 8.29. The molecular weight excluding hydrogens is 899 g/mol. The average molecular weight is 980 g/mol. The van der Waals surface area contributed by atoms with E-state index in [0.29, 0.717) is 13.0 Å². The lowest BCUT2D eigenvalue weighted by Crippen LogP contribution is -2.59. The molecule has 0 saturated carbocycles. The number of aliphatic hydroxyl groups excluding tert-OH is 9. The molecule has 2 saturated heterocycles. The van der Waals surface area contributed by atoms with Gasteiger partial charge in [-0.3, -0.25) is 9.59 Å². The SMILES string of the molecule is C[C@H]1C[C@H](O)[C@@H](C)/C=C/C=C/C=C/C=C/C=C/C=C/C=C/C(O[C@@H]2OC[C@@H](O)[C@H](N)[C@@H]2O)C[C@@H]2OC(O)(C[C@@H](O)CC(O)C(O)CCC(O)CC(O)CC(=O)O1)C[C@H](O)[C@H]2C(=O)NCCCCCN. The summed E-state index contributed by atoms with van der Waals surface area (Å²) in [4.78, 5) is 26.3. The molecule has 6 unspecified atom stereocenters. The Labute approximate surface area is 406 Å². The minimum Gasteiger partial charge on any atom is -0.462 e. The normalized spacial score (nSPS) is 41.3. The molecule has 17 atom stereocenters. The first-order chi connectivity index (χ1) is 32.8. The van der Waals surface area contributed by atoms with Gasteiger partial charge in [-0.25, -0.2) is 0 Å². The molecule has 0 spiro atoms. The van der Waals surface area contributed by atoms with E-state index in [1.165, 1.54) is 0 Å². The fraction of sp³-hybridized carbons (Fsp3) is 0.680. The molecule has 0 aromatic carbocycles. The van der Waals surface area contributed by atoms with Crippen molar-refractivity contribution in [2.24, 2.45) is 23.3 Å². The third-order valence-corrected chi connectivity index (χ3v) is 12.2. The summed E-state index contributed by atoms with van der Waals surface area (Å²) in [6, 6.07) is -1.10. The second kappa shape index (κ2) is 31.8. The van der Waals surface area contributed by atoms with Crippen molar-refractivity contribution < 1.29 is 79.6 Å². The summed E-state index contributed by atoms with van der Waals surface area (Å²) in [6.45, 7) is 3.98. The van der Waals surface area contributed by atoms with Crippen LogP contribution in [0.4, 0.5) is 0 Å². The number of fused-ring (bicyclic) bond motifs is 2. The van der Waals surface area contributed by atoms with Gasteiger partial charge in [0.2, 0.25) is 5.91 Å². The molecule has 392 valence electrons. The van der Waals surface area contributed by atoms with E-state index in [-0.39, 0.29) is 51.2 Å². The van der Waals surface area contributed by atoms with Crippen LogP contribution in [0.3, 0.4) is 0 Å². The Kier molecular flexibility index (Phi) is 27.5. The molecule has 3 heterocycles. The van der Waals surface area contributed by atoms with Gasteiger partial charge in [0, 0.05) is 44.6 Å². The van der Waals surface area contributed by atoms with Crippen LogP contribution in [0.5, 0.6) is 0 Å². The molecule has 2 fully saturated rings. The number of cyclic esters (lactones) is 1. The van der Waals surface area contributed by atoms with Gasteiger partial charge in [-0.05, 0) is 45.6 Å². The second-order valence-electron chi connectivity index (χ2n) is 18.5. The Hall–Kier alpha value is -3.48. The van der Waals surface area contributed by atoms with Gasteiger partial charge in [0.05, 0.1) is 86.0 Å². The number of unbranched alkanes of at least 4 members (excludes halogenated alkanes) is 2. The van der Waals surface area contributed by atoms with Crippen LogP contribution >= 0.6 is 0 Å². The molecule has 19 nitrogen and oxygen atoms in total. The summed E-state index contributed by atoms with van der Waals surface area (Å²) < 4.78 is 23.3. The number of nitrogens with two attached hydrogens (primary N) is 2. The number of hydrogen-bond acceptors (Lipinski definition) is 18. The lowest BCUT2D eigenvalue weighted by molar-refractivity contribution is -0.304. The van der Waals surface area contributed by atoms with Crippen molar-refractivity contribution in [1.82, 2.24) is 5.32 Å². The highest BCUT2D eigenvalue weighted by Gasteiger charge is 2.50. The van der Waals surface area contributed by atoms with Gasteiger partial charge in [-0.2, -0.15) is 0 Å². The van der Waals surface area contributed by atoms with Crippen molar-refractivity contribution in [3.05, 3.63) is 85.1 Å². The number of rotatable bonds is 8. The molecular formula is C50H81N3O16. The topological polar surface area (TPSA) is 337 Å². The highest BCUT2D eigenvalue weighted by molar-refractivity contribution is 5.80. The van der Waals surface area contributed by atoms with E-state index in [0.717, 1.165) is 12.8 Å². The minimum absolute atomic E-state index is 0.0893. The van der Waals surface area contributed by atoms with Crippen molar-refractivity contribution in [3.63, 3.8) is 0 Å². The number of carbonyl (C=O) groups is 2. The van der Waals surface area contributed by atoms with Crippen molar-refractivity contribution in [3.8, 4) is 0 Å². The molecule has 0 aromatic heterocycles. The summed E-state index contributed by atoms with van der Waals surface area (Å²) in [5.41, 5.74) is 11.6. The highest BCUT2D eigenvalue weighted by atomic mass is 16.7. The van der Waals surface area contributed by atoms with Crippen molar-refractivity contribution in [2.75, 3.05) is 19.7 Å². The van der Waals surface area contributed by atoms with Gasteiger partial charge >= 0.3 is 5.97 Å². The maximum absolute atomic E-state index is 13.8. The smallest absolute Gasteiger partial charge is 0.308 e. The minimum atomic E-state index is -2.26. The standard InChI is InChI=1S/C50H81N3O16/c1-32-18-14-11-9-7-5-3-4-6-8-10-12-15-19-37(68-49-47(63)46(52)42(61)31-66-49)28-43-45(48(64)53-23-17-13-16-22-51)41(60)30-50(65,69-43)29-36(56)26-40(59)38(57)21-20-34(54)25-35(55)27-44(62)67-33(2)24-39(32)58/h3-12,14-15,18-19,32-43,45-47,49,54-61,63,65H,13,16-17,20-31,51-52H2,1-2H3,(H,53,64)/b4-3+,7-5+,8-6+,11-9+,12-10+,18-14+,19-15+/t32-,33-,34?,35?,36-,37?,38?,39-,40?,41-,42+,43-,45+,46-,47-,49-,50?/m0/s1. The van der Waals surface area contributed by atoms with Crippen LogP contribution in [0, 0.1) is 11.8 Å². The highest BCUT2D eigenvalue weighted by Crippen LogP contribution is 2.38. The van der Waals surface area contributed by atoms with Crippen LogP contribution in [0.25, 0.3) is 0 Å². The largest absolute Gasteiger partial charge is 0.462 e. The molecule has 3 rings (SSSR count). The third-order valence-electron chi connectivity index (χ3n) is 12.2. The Morgan fingerprint density at radius 3 is 1.97 bits per heavy atom. The maximum Gasteiger partial charge on any atom is 0.308 e. The van der Waals surface area contributed by atoms with Crippen molar-refractivity contribution in [1.29, 1.82) is 0 Å². The number of hydrogen-bond donors (Lipinski definition) is 13. The van der Waals surface area contributed by atoms with Gasteiger partial charge in [0.15, 0.2) is 12.1 Å². The molecule has 15 N–H and O–H groups in total. The van der Waals surface area contributed by atoms with Gasteiger partial charge in [0.1, 0.15) is 12.2 Å². The average Bonchev–Trinajstić information content (AvgIpc) is 3.27. The zero-order valence-electron chi connectivity index (χ0n) is 40.0. The van der Waals surface area contributed by atoms with E-state index in [1.54, 1.807) is 61.6 Å². The molecule has 69 heavy (non-hydrogen) atoms. The number of allylic oxidation sites excluding steroid dienone is 12. The number of nitrogens with one attached hydrogen (secondary N) is 1. The quantitative estimate of drug-likeness (QED) is 0.114. The molecule has 2 bridgehead atoms. The number of amides is 1. The van der Waals surface area contributed by atoms with E-state index in [9.17, 15) is 60.7 Å². The predicted octanol–water partition coefficient (Wildman–Crippen LogP) is 0.238. The van der Waals surface area contributed by atoms with Crippen LogP contribution in [0.1, 0.15) is 90.9 Å². The van der Waals surface area contributed by atoms with Crippen LogP contribution in [0.2, 0.25) is 0 Å². The molecule has 0 aromatic rings. The molecule has 3 aliphatic rings. The molecule has 1 amide bonds. The Balaban J connectivity index is 1.89. The van der Waals surface area contributed by atoms with Crippen LogP contribution in [-0.4, -0.2) is 174 Å². The number of carbonyl (C=O) groups excluding carboxylic acids is 2. The van der Waals surface area contributed by atoms with Gasteiger partial charge in [-0.1, -0.05) is 98.4 Å². The Morgan fingerprint density at radius 1 is 0.710 bits per heavy atom. The summed E-state index contributed by atoms with van der Waals surface area (Å²) in [6.07, 6.45) is 8.16. The lowest BCUT2D eigenvalue weighted by atomic mass is 9.82. The second-order valence-corrected chi connectivity index (χ2v) is 18.5. The molecule has 0 radical (unpaired) electrons. The summed E-state index contributed by atoms with van der Waals surface area (Å²) in [7, 11) is 0. The molecule has 19 heteroatoms. The maximum atomic E-state index is 13.8. The lowest BCUT2D eigenvalue weighted by Gasteiger charge is -2.45. The summed E-state index contributed by atoms with van der Waals surface area (Å²) in [5, 5.41) is 112. The van der Waals surface area contributed by atoms with E-state index in [4.69, 9.17) is 30.4 Å². The predicted molar refractivity (Wildman–Crippen MR) is 256 cm³/mol. The van der Waals surface area contributed by atoms with Crippen LogP contribution in [0.15, 0.2) is 85.1 Å². The van der Waals surface area contributed by atoms with E-state index >= 15 is 0 Å². The third kappa shape index (κ3) is 22.6. The van der Waals surface area contributed by atoms with E-state index in [1.807, 2.05) is 37.3 Å². The van der Waals surface area contributed by atoms with Crippen molar-refractivity contribution >= 4 is 11.9 Å². The van der Waals surface area contributed by atoms with E-state index < -0.39 is 135 Å². The fourth-order valence-corrected chi connectivity index (χ4v) is 8.29. The van der Waals surface area contributed by atoms with E-state index in [2.05, 4.69) is 5.32 Å². The zero-order valence-corrected chi connectivity index (χ0v) is 40.0. The van der Waals surface area contributed by atoms with Gasteiger partial charge in [0.25, 0.3) is 0 Å². The number of ether oxygens (including phenoxy) is 4. The van der Waals surface area contributed by atoms with Gasteiger partial charge in [-0.15, -0.1) is 0 Å². The summed E-state index contributed by atoms with van der Waals surface area (Å²) in [5.74, 6) is -5.05. The van der Waals surface area contributed by atoms with Crippen LogP contribution in [-0.2, 0) is 28.5 Å². The zero-order chi connectivity index (χ0) is 50.9. The monoisotopic (exact) mass is 980 g/mol. The first-order valence-corrected chi connectivity index (χ1v) is 24.2. The Morgan fingerprint density at radius 2 is 1.33 bits per heavy atom. The van der Waals surface area contributed by atoms with Crippen LogP contribution < -0.4 is 16.8 Å². The first-order valence-electron chi connectivity index (χ1n) is 24.2. The molecule has 3 aliphatic heterocycles.